The number of carbonyl (C=O) groups excluding carboxylic acids is 2. The molecule has 6 rings (SSSR count). The van der Waals surface area contributed by atoms with Crippen molar-refractivity contribution in [2.75, 3.05) is 27.3 Å². The van der Waals surface area contributed by atoms with Crippen LogP contribution in [0, 0.1) is 0 Å². The average molecular weight is 579 g/mol. The second kappa shape index (κ2) is 14.1. The lowest BCUT2D eigenvalue weighted by molar-refractivity contribution is -0.156. The molecule has 2 aromatic rings. The van der Waals surface area contributed by atoms with Crippen LogP contribution in [0.2, 0.25) is 0 Å². The maximum atomic E-state index is 12.4. The highest BCUT2D eigenvalue weighted by molar-refractivity contribution is 5.79. The molecule has 2 N–H and O–H groups in total. The maximum Gasteiger partial charge on any atom is 0.316 e. The number of rotatable bonds is 8. The molecular weight excluding hydrogens is 532 g/mol. The van der Waals surface area contributed by atoms with E-state index in [0.29, 0.717) is 24.2 Å². The van der Waals surface area contributed by atoms with Gasteiger partial charge in [-0.3, -0.25) is 9.59 Å². The zero-order chi connectivity index (χ0) is 29.6. The van der Waals surface area contributed by atoms with Crippen molar-refractivity contribution in [2.24, 2.45) is 0 Å². The SMILES string of the molecule is CN1C2CCC1CC(OC(=O)C(CO)c1ccccc1)C2.CN1C2CCC1CC(OC(=O)C(CO)c1ccccc1)C2. The molecule has 4 aliphatic heterocycles. The van der Waals surface area contributed by atoms with Crippen molar-refractivity contribution < 1.29 is 29.3 Å². The number of aliphatic hydroxyl groups excluding tert-OH is 2. The van der Waals surface area contributed by atoms with Crippen LogP contribution in [-0.4, -0.2) is 95.6 Å². The number of hydrogen-bond acceptors (Lipinski definition) is 8. The van der Waals surface area contributed by atoms with E-state index in [4.69, 9.17) is 9.47 Å². The topological polar surface area (TPSA) is 99.5 Å². The van der Waals surface area contributed by atoms with Crippen molar-refractivity contribution in [2.45, 2.75) is 99.6 Å². The van der Waals surface area contributed by atoms with Gasteiger partial charge in [-0.1, -0.05) is 60.7 Å². The largest absolute Gasteiger partial charge is 0.462 e. The number of benzene rings is 2. The summed E-state index contributed by atoms with van der Waals surface area (Å²) in [6.07, 6.45) is 8.52. The maximum absolute atomic E-state index is 12.4. The third-order valence-electron chi connectivity index (χ3n) is 10.0. The van der Waals surface area contributed by atoms with Crippen LogP contribution in [0.5, 0.6) is 0 Å². The fraction of sp³-hybridized carbons (Fsp3) is 0.588. The van der Waals surface area contributed by atoms with E-state index in [2.05, 4.69) is 23.9 Å². The van der Waals surface area contributed by atoms with Crippen LogP contribution in [0.1, 0.15) is 74.3 Å². The highest BCUT2D eigenvalue weighted by Crippen LogP contribution is 2.37. The predicted octanol–water partition coefficient (Wildman–Crippen LogP) is 3.86. The third-order valence-corrected chi connectivity index (χ3v) is 10.0. The first-order valence-electron chi connectivity index (χ1n) is 15.5. The van der Waals surface area contributed by atoms with Crippen LogP contribution < -0.4 is 0 Å². The molecule has 0 radical (unpaired) electrons. The first-order valence-corrected chi connectivity index (χ1v) is 15.5. The minimum atomic E-state index is -0.566. The lowest BCUT2D eigenvalue weighted by atomic mass is 9.98. The molecule has 0 saturated carbocycles. The molecule has 4 saturated heterocycles. The molecule has 4 fully saturated rings. The van der Waals surface area contributed by atoms with E-state index in [1.54, 1.807) is 0 Å². The van der Waals surface area contributed by atoms with E-state index in [0.717, 1.165) is 36.8 Å². The summed E-state index contributed by atoms with van der Waals surface area (Å²) in [4.78, 5) is 29.6. The number of nitrogens with zero attached hydrogens (tertiary/aromatic N) is 2. The van der Waals surface area contributed by atoms with Gasteiger partial charge in [0.05, 0.1) is 13.2 Å². The number of esters is 2. The van der Waals surface area contributed by atoms with E-state index in [-0.39, 0.29) is 37.4 Å². The Labute approximate surface area is 249 Å². The summed E-state index contributed by atoms with van der Waals surface area (Å²) in [5, 5.41) is 19.1. The fourth-order valence-electron chi connectivity index (χ4n) is 7.41. The van der Waals surface area contributed by atoms with Crippen molar-refractivity contribution in [1.82, 2.24) is 9.80 Å². The van der Waals surface area contributed by atoms with Gasteiger partial charge in [0, 0.05) is 24.2 Å². The van der Waals surface area contributed by atoms with Crippen molar-refractivity contribution in [1.29, 1.82) is 0 Å². The molecule has 4 heterocycles. The molecule has 6 unspecified atom stereocenters. The Balaban J connectivity index is 0.000000168. The Bertz CT molecular complexity index is 1040. The Kier molecular flexibility index (Phi) is 10.3. The molecule has 6 atom stereocenters. The number of carbonyl (C=O) groups is 2. The summed E-state index contributed by atoms with van der Waals surface area (Å²) in [5.41, 5.74) is 1.64. The number of fused-ring (bicyclic) bond motifs is 4. The van der Waals surface area contributed by atoms with E-state index in [1.165, 1.54) is 25.7 Å². The fourth-order valence-corrected chi connectivity index (χ4v) is 7.41. The first-order chi connectivity index (χ1) is 20.4. The lowest BCUT2D eigenvalue weighted by Gasteiger charge is -2.36. The van der Waals surface area contributed by atoms with Gasteiger partial charge in [-0.2, -0.15) is 0 Å². The summed E-state index contributed by atoms with van der Waals surface area (Å²) in [6.45, 7) is -0.412. The average Bonchev–Trinajstić information content (AvgIpc) is 3.32. The molecule has 42 heavy (non-hydrogen) atoms. The van der Waals surface area contributed by atoms with E-state index >= 15 is 0 Å². The smallest absolute Gasteiger partial charge is 0.316 e. The summed E-state index contributed by atoms with van der Waals surface area (Å²) < 4.78 is 11.4. The zero-order valence-electron chi connectivity index (χ0n) is 24.9. The van der Waals surface area contributed by atoms with Gasteiger partial charge in [0.1, 0.15) is 24.0 Å². The molecule has 0 aliphatic carbocycles. The number of piperidine rings is 2. The molecule has 8 nitrogen and oxygen atoms in total. The molecule has 0 amide bonds. The molecule has 4 aliphatic rings. The third kappa shape index (κ3) is 7.05. The molecule has 228 valence electrons. The highest BCUT2D eigenvalue weighted by Gasteiger charge is 2.41. The summed E-state index contributed by atoms with van der Waals surface area (Å²) in [5.74, 6) is -1.72. The number of ether oxygens (including phenoxy) is 2. The van der Waals surface area contributed by atoms with Gasteiger partial charge in [-0.15, -0.1) is 0 Å². The van der Waals surface area contributed by atoms with E-state index < -0.39 is 11.8 Å². The second-order valence-corrected chi connectivity index (χ2v) is 12.5. The van der Waals surface area contributed by atoms with Crippen molar-refractivity contribution in [3.8, 4) is 0 Å². The van der Waals surface area contributed by atoms with Gasteiger partial charge in [0.25, 0.3) is 0 Å². The van der Waals surface area contributed by atoms with Gasteiger partial charge < -0.3 is 29.5 Å². The van der Waals surface area contributed by atoms with Gasteiger partial charge >= 0.3 is 11.9 Å². The summed E-state index contributed by atoms with van der Waals surface area (Å²) in [7, 11) is 4.34. The molecule has 0 aromatic heterocycles. The Morgan fingerprint density at radius 1 is 0.643 bits per heavy atom. The van der Waals surface area contributed by atoms with Gasteiger partial charge in [-0.05, 0) is 76.6 Å². The molecule has 2 aromatic carbocycles. The van der Waals surface area contributed by atoms with Crippen LogP contribution >= 0.6 is 0 Å². The van der Waals surface area contributed by atoms with Gasteiger partial charge in [0.15, 0.2) is 0 Å². The zero-order valence-corrected chi connectivity index (χ0v) is 24.9. The lowest BCUT2D eigenvalue weighted by Crippen LogP contribution is -2.43. The van der Waals surface area contributed by atoms with Crippen LogP contribution in [0.3, 0.4) is 0 Å². The Morgan fingerprint density at radius 2 is 0.952 bits per heavy atom. The summed E-state index contributed by atoms with van der Waals surface area (Å²) in [6, 6.07) is 20.9. The van der Waals surface area contributed by atoms with E-state index in [1.807, 2.05) is 60.7 Å². The van der Waals surface area contributed by atoms with Crippen molar-refractivity contribution >= 4 is 11.9 Å². The van der Waals surface area contributed by atoms with Crippen molar-refractivity contribution in [3.63, 3.8) is 0 Å². The highest BCUT2D eigenvalue weighted by atomic mass is 16.5. The molecule has 4 bridgehead atoms. The van der Waals surface area contributed by atoms with Crippen molar-refractivity contribution in [3.05, 3.63) is 71.8 Å². The van der Waals surface area contributed by atoms with E-state index in [9.17, 15) is 19.8 Å². The van der Waals surface area contributed by atoms with Crippen LogP contribution in [0.4, 0.5) is 0 Å². The standard InChI is InChI=1S/2C17H23NO3/c2*1-18-13-7-8-14(18)10-15(9-13)21-17(20)16(11-19)12-5-3-2-4-6-12/h2*2-6,13-16,19H,7-11H2,1H3. The minimum Gasteiger partial charge on any atom is -0.462 e. The van der Waals surface area contributed by atoms with Crippen LogP contribution in [0.15, 0.2) is 60.7 Å². The minimum absolute atomic E-state index is 0.00367. The monoisotopic (exact) mass is 578 g/mol. The Hall–Kier alpha value is -2.78. The molecular formula is C34H46N2O6. The molecule has 0 spiro atoms. The Morgan fingerprint density at radius 3 is 1.24 bits per heavy atom. The van der Waals surface area contributed by atoms with Crippen LogP contribution in [-0.2, 0) is 19.1 Å². The summed E-state index contributed by atoms with van der Waals surface area (Å²) >= 11 is 0. The van der Waals surface area contributed by atoms with Gasteiger partial charge in [-0.25, -0.2) is 0 Å². The second-order valence-electron chi connectivity index (χ2n) is 12.5. The quantitative estimate of drug-likeness (QED) is 0.456. The van der Waals surface area contributed by atoms with Crippen LogP contribution in [0.25, 0.3) is 0 Å². The number of aliphatic hydroxyl groups is 2. The predicted molar refractivity (Wildman–Crippen MR) is 160 cm³/mol. The first kappa shape index (κ1) is 30.7. The van der Waals surface area contributed by atoms with Gasteiger partial charge in [0.2, 0.25) is 0 Å². The number of hydrogen-bond donors (Lipinski definition) is 2. The normalized spacial score (nSPS) is 30.1. The molecule has 8 heteroatoms.